The summed E-state index contributed by atoms with van der Waals surface area (Å²) in [4.78, 5) is 12.7. The molecule has 25 heavy (non-hydrogen) atoms. The molecule has 1 heterocycles. The van der Waals surface area contributed by atoms with E-state index < -0.39 is 0 Å². The molecule has 0 aliphatic heterocycles. The number of rotatable bonds is 3. The third-order valence-electron chi connectivity index (χ3n) is 4.44. The minimum atomic E-state index is -0.265. The molecule has 4 rings (SSSR count). The van der Waals surface area contributed by atoms with E-state index in [0.717, 1.165) is 27.6 Å². The third-order valence-corrected chi connectivity index (χ3v) is 4.44. The van der Waals surface area contributed by atoms with E-state index in [9.17, 15) is 4.79 Å². The topological polar surface area (TPSA) is 30.2 Å². The van der Waals surface area contributed by atoms with Crippen molar-refractivity contribution >= 4 is 11.0 Å². The molecule has 0 aliphatic carbocycles. The monoisotopic (exact) mass is 326 g/mol. The molecular formula is C23H18O2. The summed E-state index contributed by atoms with van der Waals surface area (Å²) in [6.45, 7) is 2.05. The Hall–Kier alpha value is -3.13. The van der Waals surface area contributed by atoms with Crippen LogP contribution in [-0.2, 0) is 6.42 Å². The maximum atomic E-state index is 12.7. The van der Waals surface area contributed by atoms with Crippen LogP contribution in [0.5, 0.6) is 0 Å². The fourth-order valence-electron chi connectivity index (χ4n) is 3.25. The van der Waals surface area contributed by atoms with Crippen molar-refractivity contribution in [3.8, 4) is 11.1 Å². The highest BCUT2D eigenvalue weighted by Gasteiger charge is 2.16. The molecule has 0 spiro atoms. The number of hydrogen-bond donors (Lipinski definition) is 0. The van der Waals surface area contributed by atoms with Gasteiger partial charge in [0.2, 0.25) is 0 Å². The van der Waals surface area contributed by atoms with Crippen LogP contribution >= 0.6 is 0 Å². The van der Waals surface area contributed by atoms with E-state index in [1.54, 1.807) is 0 Å². The first-order chi connectivity index (χ1) is 12.2. The van der Waals surface area contributed by atoms with Gasteiger partial charge in [0.05, 0.1) is 5.56 Å². The molecule has 0 atom stereocenters. The summed E-state index contributed by atoms with van der Waals surface area (Å²) in [7, 11) is 0. The van der Waals surface area contributed by atoms with Crippen LogP contribution in [0.3, 0.4) is 0 Å². The highest BCUT2D eigenvalue weighted by molar-refractivity contribution is 5.95. The Balaban J connectivity index is 2.04. The molecule has 0 bridgehead atoms. The van der Waals surface area contributed by atoms with Gasteiger partial charge in [-0.15, -0.1) is 0 Å². The van der Waals surface area contributed by atoms with Gasteiger partial charge in [0.1, 0.15) is 5.58 Å². The fraction of sp³-hybridized carbons (Fsp3) is 0.0870. The van der Waals surface area contributed by atoms with Gasteiger partial charge in [-0.1, -0.05) is 72.3 Å². The number of aryl methyl sites for hydroxylation is 1. The van der Waals surface area contributed by atoms with Crippen molar-refractivity contribution in [1.82, 2.24) is 0 Å². The summed E-state index contributed by atoms with van der Waals surface area (Å²) in [6, 6.07) is 26.0. The lowest BCUT2D eigenvalue weighted by atomic mass is 9.93. The lowest BCUT2D eigenvalue weighted by Gasteiger charge is -2.12. The molecule has 0 saturated carbocycles. The van der Waals surface area contributed by atoms with Gasteiger partial charge in [0, 0.05) is 17.4 Å². The van der Waals surface area contributed by atoms with E-state index in [-0.39, 0.29) is 5.63 Å². The molecular weight excluding hydrogens is 308 g/mol. The molecule has 0 radical (unpaired) electrons. The van der Waals surface area contributed by atoms with Gasteiger partial charge in [0.15, 0.2) is 0 Å². The predicted octanol–water partition coefficient (Wildman–Crippen LogP) is 5.36. The Bertz CT molecular complexity index is 1080. The zero-order chi connectivity index (χ0) is 17.2. The smallest absolute Gasteiger partial charge is 0.340 e. The second kappa shape index (κ2) is 6.40. The van der Waals surface area contributed by atoms with Crippen molar-refractivity contribution in [3.05, 3.63) is 106 Å². The van der Waals surface area contributed by atoms with E-state index in [4.69, 9.17) is 4.42 Å². The van der Waals surface area contributed by atoms with Crippen molar-refractivity contribution in [2.75, 3.05) is 0 Å². The highest BCUT2D eigenvalue weighted by atomic mass is 16.4. The summed E-state index contributed by atoms with van der Waals surface area (Å²) >= 11 is 0. The van der Waals surface area contributed by atoms with Crippen LogP contribution in [0.4, 0.5) is 0 Å². The van der Waals surface area contributed by atoms with Crippen LogP contribution < -0.4 is 5.63 Å². The standard InChI is InChI=1S/C23H18O2/c1-16-12-13-21-19(14-16)22(18-10-6-3-7-11-18)20(23(24)25-21)15-17-8-4-2-5-9-17/h2-14H,15H2,1H3. The van der Waals surface area contributed by atoms with Crippen molar-refractivity contribution in [2.45, 2.75) is 13.3 Å². The van der Waals surface area contributed by atoms with Crippen molar-refractivity contribution < 1.29 is 4.42 Å². The third kappa shape index (κ3) is 2.99. The lowest BCUT2D eigenvalue weighted by molar-refractivity contribution is 0.553. The molecule has 2 heteroatoms. The number of fused-ring (bicyclic) bond motifs is 1. The predicted molar refractivity (Wildman–Crippen MR) is 102 cm³/mol. The van der Waals surface area contributed by atoms with E-state index >= 15 is 0 Å². The molecule has 3 aromatic carbocycles. The summed E-state index contributed by atoms with van der Waals surface area (Å²) in [5.74, 6) is 0. The summed E-state index contributed by atoms with van der Waals surface area (Å²) < 4.78 is 5.63. The minimum Gasteiger partial charge on any atom is -0.422 e. The summed E-state index contributed by atoms with van der Waals surface area (Å²) in [6.07, 6.45) is 0.553. The molecule has 122 valence electrons. The summed E-state index contributed by atoms with van der Waals surface area (Å²) in [5.41, 5.74) is 5.32. The largest absolute Gasteiger partial charge is 0.422 e. The van der Waals surface area contributed by atoms with Gasteiger partial charge in [-0.05, 0) is 30.2 Å². The van der Waals surface area contributed by atoms with Gasteiger partial charge >= 0.3 is 5.63 Å². The van der Waals surface area contributed by atoms with Crippen molar-refractivity contribution in [2.24, 2.45) is 0 Å². The average molecular weight is 326 g/mol. The van der Waals surface area contributed by atoms with Crippen LogP contribution in [-0.4, -0.2) is 0 Å². The van der Waals surface area contributed by atoms with Crippen LogP contribution in [0.15, 0.2) is 88.1 Å². The molecule has 0 N–H and O–H groups in total. The van der Waals surface area contributed by atoms with Crippen LogP contribution in [0.1, 0.15) is 16.7 Å². The Morgan fingerprint density at radius 2 is 1.52 bits per heavy atom. The first-order valence-corrected chi connectivity index (χ1v) is 8.38. The molecule has 0 amide bonds. The molecule has 0 aliphatic rings. The average Bonchev–Trinajstić information content (AvgIpc) is 2.64. The molecule has 0 unspecified atom stereocenters. The van der Waals surface area contributed by atoms with Gasteiger partial charge in [0.25, 0.3) is 0 Å². The normalized spacial score (nSPS) is 10.9. The van der Waals surface area contributed by atoms with E-state index in [2.05, 4.69) is 13.0 Å². The second-order valence-corrected chi connectivity index (χ2v) is 6.27. The number of benzene rings is 3. The maximum absolute atomic E-state index is 12.7. The van der Waals surface area contributed by atoms with E-state index in [0.29, 0.717) is 17.6 Å². The highest BCUT2D eigenvalue weighted by Crippen LogP contribution is 2.32. The minimum absolute atomic E-state index is 0.265. The molecule has 0 saturated heterocycles. The van der Waals surface area contributed by atoms with Gasteiger partial charge in [-0.25, -0.2) is 4.79 Å². The first-order valence-electron chi connectivity index (χ1n) is 8.38. The number of hydrogen-bond acceptors (Lipinski definition) is 2. The van der Waals surface area contributed by atoms with Crippen LogP contribution in [0.2, 0.25) is 0 Å². The van der Waals surface area contributed by atoms with E-state index in [1.807, 2.05) is 72.8 Å². The zero-order valence-electron chi connectivity index (χ0n) is 14.0. The van der Waals surface area contributed by atoms with Gasteiger partial charge in [-0.2, -0.15) is 0 Å². The maximum Gasteiger partial charge on any atom is 0.340 e. The van der Waals surface area contributed by atoms with Gasteiger partial charge < -0.3 is 4.42 Å². The van der Waals surface area contributed by atoms with Crippen LogP contribution in [0.25, 0.3) is 22.1 Å². The van der Waals surface area contributed by atoms with Crippen LogP contribution in [0, 0.1) is 6.92 Å². The summed E-state index contributed by atoms with van der Waals surface area (Å²) in [5, 5.41) is 0.983. The fourth-order valence-corrected chi connectivity index (χ4v) is 3.25. The van der Waals surface area contributed by atoms with Crippen molar-refractivity contribution in [3.63, 3.8) is 0 Å². The SMILES string of the molecule is Cc1ccc2oc(=O)c(Cc3ccccc3)c(-c3ccccc3)c2c1. The molecule has 4 aromatic rings. The molecule has 2 nitrogen and oxygen atoms in total. The Morgan fingerprint density at radius 1 is 0.840 bits per heavy atom. The van der Waals surface area contributed by atoms with Gasteiger partial charge in [-0.3, -0.25) is 0 Å². The zero-order valence-corrected chi connectivity index (χ0v) is 14.0. The van der Waals surface area contributed by atoms with Crippen molar-refractivity contribution in [1.29, 1.82) is 0 Å². The quantitative estimate of drug-likeness (QED) is 0.474. The lowest BCUT2D eigenvalue weighted by Crippen LogP contribution is -2.11. The first kappa shape index (κ1) is 15.4. The van der Waals surface area contributed by atoms with E-state index in [1.165, 1.54) is 0 Å². The molecule has 0 fully saturated rings. The Labute approximate surface area is 146 Å². The molecule has 1 aromatic heterocycles. The Kier molecular flexibility index (Phi) is 3.95. The second-order valence-electron chi connectivity index (χ2n) is 6.27. The Morgan fingerprint density at radius 3 is 2.24 bits per heavy atom.